The Morgan fingerprint density at radius 3 is 2.80 bits per heavy atom. The van der Waals surface area contributed by atoms with E-state index in [0.29, 0.717) is 31.3 Å². The van der Waals surface area contributed by atoms with Gasteiger partial charge in [0.05, 0.1) is 25.0 Å². The number of hydrogen-bond acceptors (Lipinski definition) is 4. The van der Waals surface area contributed by atoms with Crippen LogP contribution in [0.5, 0.6) is 0 Å². The van der Waals surface area contributed by atoms with Crippen molar-refractivity contribution in [3.63, 3.8) is 0 Å². The molecule has 0 spiro atoms. The number of nitrogens with zero attached hydrogens (tertiary/aromatic N) is 3. The molecule has 0 aliphatic carbocycles. The molecular weight excluding hydrogens is 273 g/mol. The fourth-order valence-corrected chi connectivity index (χ4v) is 2.98. The number of rotatable bonds is 2. The summed E-state index contributed by atoms with van der Waals surface area (Å²) >= 11 is 0. The number of likely N-dealkylation sites (N-methyl/N-ethyl adjacent to an activating group) is 1. The second-order valence-electron chi connectivity index (χ2n) is 5.40. The number of alkyl halides is 3. The zero-order valence-corrected chi connectivity index (χ0v) is 11.2. The molecule has 2 aliphatic rings. The number of aryl methyl sites for hydroxylation is 1. The first kappa shape index (κ1) is 13.8. The summed E-state index contributed by atoms with van der Waals surface area (Å²) in [5.41, 5.74) is 0. The average molecular weight is 290 g/mol. The highest BCUT2D eigenvalue weighted by Gasteiger charge is 2.43. The maximum Gasteiger partial charge on any atom is 0.393 e. The number of aromatic nitrogens is 3. The van der Waals surface area contributed by atoms with Crippen LogP contribution in [-0.4, -0.2) is 47.2 Å². The van der Waals surface area contributed by atoms with Crippen LogP contribution in [0.4, 0.5) is 13.2 Å². The van der Waals surface area contributed by atoms with Gasteiger partial charge in [-0.1, -0.05) is 0 Å². The highest BCUT2D eigenvalue weighted by molar-refractivity contribution is 5.10. The minimum atomic E-state index is -4.16. The van der Waals surface area contributed by atoms with Crippen molar-refractivity contribution in [2.45, 2.75) is 37.5 Å². The molecule has 1 N–H and O–H groups in total. The Balaban J connectivity index is 1.87. The minimum Gasteiger partial charge on any atom is -0.379 e. The van der Waals surface area contributed by atoms with Gasteiger partial charge in [0.1, 0.15) is 11.6 Å². The van der Waals surface area contributed by atoms with Gasteiger partial charge in [-0.2, -0.15) is 13.2 Å². The fourth-order valence-electron chi connectivity index (χ4n) is 2.98. The van der Waals surface area contributed by atoms with Gasteiger partial charge in [0, 0.05) is 19.0 Å². The summed E-state index contributed by atoms with van der Waals surface area (Å²) < 4.78 is 45.8. The lowest BCUT2D eigenvalue weighted by Crippen LogP contribution is -2.36. The molecule has 0 amide bonds. The summed E-state index contributed by atoms with van der Waals surface area (Å²) in [7, 11) is 1.82. The smallest absolute Gasteiger partial charge is 0.379 e. The first-order valence-corrected chi connectivity index (χ1v) is 6.74. The predicted molar refractivity (Wildman–Crippen MR) is 64.3 cm³/mol. The van der Waals surface area contributed by atoms with Crippen LogP contribution in [0.2, 0.25) is 0 Å². The van der Waals surface area contributed by atoms with Crippen LogP contribution in [0.1, 0.15) is 24.0 Å². The van der Waals surface area contributed by atoms with Crippen molar-refractivity contribution < 1.29 is 17.9 Å². The number of halogens is 3. The Morgan fingerprint density at radius 1 is 1.30 bits per heavy atom. The average Bonchev–Trinajstić information content (AvgIpc) is 3.02. The largest absolute Gasteiger partial charge is 0.393 e. The topological polar surface area (TPSA) is 52.0 Å². The van der Waals surface area contributed by atoms with Gasteiger partial charge in [-0.05, 0) is 13.5 Å². The molecule has 1 fully saturated rings. The summed E-state index contributed by atoms with van der Waals surface area (Å²) in [4.78, 5) is 0. The number of ether oxygens (including phenoxy) is 1. The van der Waals surface area contributed by atoms with E-state index in [1.54, 1.807) is 4.57 Å². The number of fused-ring (bicyclic) bond motifs is 1. The molecule has 1 saturated heterocycles. The van der Waals surface area contributed by atoms with Gasteiger partial charge in [-0.3, -0.25) is 0 Å². The van der Waals surface area contributed by atoms with E-state index in [0.717, 1.165) is 0 Å². The maximum absolute atomic E-state index is 12.9. The van der Waals surface area contributed by atoms with Crippen LogP contribution < -0.4 is 5.32 Å². The molecule has 112 valence electrons. The third-order valence-electron chi connectivity index (χ3n) is 4.22. The Hall–Kier alpha value is -1.15. The van der Waals surface area contributed by atoms with E-state index in [1.807, 2.05) is 7.05 Å². The molecule has 3 atom stereocenters. The number of hydrogen-bond donors (Lipinski definition) is 1. The molecule has 3 unspecified atom stereocenters. The SMILES string of the molecule is CNC1COCC1c1nnc2n1CC(C(F)(F)F)CC2. The molecule has 5 nitrogen and oxygen atoms in total. The lowest BCUT2D eigenvalue weighted by Gasteiger charge is -2.27. The van der Waals surface area contributed by atoms with E-state index in [4.69, 9.17) is 4.74 Å². The highest BCUT2D eigenvalue weighted by Crippen LogP contribution is 2.36. The van der Waals surface area contributed by atoms with E-state index in [1.165, 1.54) is 0 Å². The molecule has 0 saturated carbocycles. The molecule has 8 heteroatoms. The molecule has 1 aromatic rings. The molecule has 3 heterocycles. The lowest BCUT2D eigenvalue weighted by atomic mass is 9.97. The highest BCUT2D eigenvalue weighted by atomic mass is 19.4. The van der Waals surface area contributed by atoms with Crippen molar-refractivity contribution >= 4 is 0 Å². The lowest BCUT2D eigenvalue weighted by molar-refractivity contribution is -0.182. The predicted octanol–water partition coefficient (Wildman–Crippen LogP) is 1.10. The molecule has 0 bridgehead atoms. The summed E-state index contributed by atoms with van der Waals surface area (Å²) in [6, 6.07) is 0.0783. The monoisotopic (exact) mass is 290 g/mol. The summed E-state index contributed by atoms with van der Waals surface area (Å²) in [6.07, 6.45) is -3.74. The van der Waals surface area contributed by atoms with Crippen molar-refractivity contribution in [1.29, 1.82) is 0 Å². The zero-order valence-electron chi connectivity index (χ0n) is 11.2. The van der Waals surface area contributed by atoms with Crippen LogP contribution in [0.15, 0.2) is 0 Å². The van der Waals surface area contributed by atoms with Gasteiger partial charge in [-0.15, -0.1) is 10.2 Å². The normalized spacial score (nSPS) is 30.5. The summed E-state index contributed by atoms with van der Waals surface area (Å²) in [6.45, 7) is 0.945. The Bertz CT molecular complexity index is 488. The van der Waals surface area contributed by atoms with Gasteiger partial charge in [0.2, 0.25) is 0 Å². The quantitative estimate of drug-likeness (QED) is 0.886. The number of nitrogens with one attached hydrogen (secondary N) is 1. The molecular formula is C12H17F3N4O. The Morgan fingerprint density at radius 2 is 2.10 bits per heavy atom. The third-order valence-corrected chi connectivity index (χ3v) is 4.22. The van der Waals surface area contributed by atoms with Gasteiger partial charge < -0.3 is 14.6 Å². The first-order valence-electron chi connectivity index (χ1n) is 6.74. The second-order valence-corrected chi connectivity index (χ2v) is 5.40. The summed E-state index contributed by atoms with van der Waals surface area (Å²) in [5.74, 6) is -0.0682. The Labute approximate surface area is 114 Å². The molecule has 0 aromatic carbocycles. The minimum absolute atomic E-state index is 0.0340. The molecule has 0 radical (unpaired) electrons. The van der Waals surface area contributed by atoms with Crippen LogP contribution in [0.3, 0.4) is 0 Å². The summed E-state index contributed by atoms with van der Waals surface area (Å²) in [5, 5.41) is 11.3. The van der Waals surface area contributed by atoms with E-state index in [-0.39, 0.29) is 24.9 Å². The molecule has 3 rings (SSSR count). The molecule has 2 aliphatic heterocycles. The van der Waals surface area contributed by atoms with Crippen LogP contribution in [0, 0.1) is 5.92 Å². The van der Waals surface area contributed by atoms with Crippen molar-refractivity contribution in [3.8, 4) is 0 Å². The van der Waals surface area contributed by atoms with Crippen LogP contribution in [-0.2, 0) is 17.7 Å². The van der Waals surface area contributed by atoms with E-state index < -0.39 is 12.1 Å². The maximum atomic E-state index is 12.9. The van der Waals surface area contributed by atoms with Crippen LogP contribution in [0.25, 0.3) is 0 Å². The molecule has 1 aromatic heterocycles. The fraction of sp³-hybridized carbons (Fsp3) is 0.833. The van der Waals surface area contributed by atoms with Crippen molar-refractivity contribution in [2.24, 2.45) is 5.92 Å². The van der Waals surface area contributed by atoms with Crippen LogP contribution >= 0.6 is 0 Å². The zero-order chi connectivity index (χ0) is 14.3. The Kier molecular flexibility index (Phi) is 3.45. The van der Waals surface area contributed by atoms with Crippen molar-refractivity contribution in [3.05, 3.63) is 11.6 Å². The third kappa shape index (κ3) is 2.31. The van der Waals surface area contributed by atoms with Gasteiger partial charge in [-0.25, -0.2) is 0 Å². The van der Waals surface area contributed by atoms with E-state index >= 15 is 0 Å². The van der Waals surface area contributed by atoms with Crippen molar-refractivity contribution in [2.75, 3.05) is 20.3 Å². The van der Waals surface area contributed by atoms with Crippen molar-refractivity contribution in [1.82, 2.24) is 20.1 Å². The van der Waals surface area contributed by atoms with Gasteiger partial charge in [0.15, 0.2) is 0 Å². The van der Waals surface area contributed by atoms with Gasteiger partial charge in [0.25, 0.3) is 0 Å². The first-order chi connectivity index (χ1) is 9.50. The van der Waals surface area contributed by atoms with E-state index in [9.17, 15) is 13.2 Å². The molecule has 20 heavy (non-hydrogen) atoms. The second kappa shape index (κ2) is 5.00. The van der Waals surface area contributed by atoms with E-state index in [2.05, 4.69) is 15.5 Å². The standard InChI is InChI=1S/C12H17F3N4O/c1-16-9-6-20-5-8(9)11-18-17-10-3-2-7(4-19(10)11)12(13,14)15/h7-9,16H,2-6H2,1H3. The van der Waals surface area contributed by atoms with Gasteiger partial charge >= 0.3 is 6.18 Å².